The van der Waals surface area contributed by atoms with Crippen LogP contribution in [0.25, 0.3) is 5.69 Å². The molecular weight excluding hydrogens is 302 g/mol. The van der Waals surface area contributed by atoms with Crippen LogP contribution in [0, 0.1) is 0 Å². The quantitative estimate of drug-likeness (QED) is 0.837. The third kappa shape index (κ3) is 3.70. The number of nitrogens with one attached hydrogen (secondary N) is 1. The Bertz CT molecular complexity index is 679. The van der Waals surface area contributed by atoms with Crippen LogP contribution in [-0.2, 0) is 10.2 Å². The predicted molar refractivity (Wildman–Crippen MR) is 84.8 cm³/mol. The lowest BCUT2D eigenvalue weighted by molar-refractivity contribution is 0.429. The van der Waals surface area contributed by atoms with Gasteiger partial charge in [0.15, 0.2) is 0 Å². The minimum atomic E-state index is -3.47. The highest BCUT2D eigenvalue weighted by atomic mass is 32.2. The van der Waals surface area contributed by atoms with Crippen LogP contribution in [0.2, 0.25) is 0 Å². The molecule has 8 heteroatoms. The highest BCUT2D eigenvalue weighted by Crippen LogP contribution is 2.16. The summed E-state index contributed by atoms with van der Waals surface area (Å²) in [6.07, 6.45) is 3.08. The van der Waals surface area contributed by atoms with Crippen molar-refractivity contribution in [3.05, 3.63) is 42.5 Å². The van der Waals surface area contributed by atoms with Gasteiger partial charge in [-0.05, 0) is 24.6 Å². The summed E-state index contributed by atoms with van der Waals surface area (Å²) in [6, 6.07) is 7.22. The smallest absolute Gasteiger partial charge is 0.223 e. The van der Waals surface area contributed by atoms with Crippen LogP contribution in [0.4, 0.5) is 0 Å². The molecule has 0 aliphatic heterocycles. The zero-order chi connectivity index (χ0) is 16.2. The van der Waals surface area contributed by atoms with E-state index >= 15 is 0 Å². The molecule has 0 saturated heterocycles. The highest BCUT2D eigenvalue weighted by molar-refractivity contribution is 7.87. The molecule has 1 aromatic carbocycles. The monoisotopic (exact) mass is 323 g/mol. The summed E-state index contributed by atoms with van der Waals surface area (Å²) in [5, 5.41) is 4.05. The van der Waals surface area contributed by atoms with Gasteiger partial charge in [-0.2, -0.15) is 22.5 Å². The average molecular weight is 323 g/mol. The van der Waals surface area contributed by atoms with Gasteiger partial charge in [-0.3, -0.25) is 0 Å². The first-order chi connectivity index (χ1) is 10.5. The number of aromatic nitrogens is 3. The molecule has 0 bridgehead atoms. The molecule has 1 N–H and O–H groups in total. The number of benzene rings is 1. The summed E-state index contributed by atoms with van der Waals surface area (Å²) in [5.41, 5.74) is 1.76. The Morgan fingerprint density at radius 2 is 1.86 bits per heavy atom. The molecule has 1 heterocycles. The molecule has 2 rings (SSSR count). The molecular formula is C14H21N5O2S. The third-order valence-electron chi connectivity index (χ3n) is 3.45. The summed E-state index contributed by atoms with van der Waals surface area (Å²) in [5.74, 6) is 0. The number of nitrogens with zero attached hydrogens (tertiary/aromatic N) is 4. The van der Waals surface area contributed by atoms with E-state index in [1.54, 1.807) is 11.0 Å². The molecule has 0 amide bonds. The van der Waals surface area contributed by atoms with Crippen LogP contribution in [0.1, 0.15) is 32.4 Å². The van der Waals surface area contributed by atoms with Gasteiger partial charge in [0.25, 0.3) is 10.2 Å². The van der Waals surface area contributed by atoms with Crippen LogP contribution in [0.5, 0.6) is 0 Å². The Labute approximate surface area is 131 Å². The van der Waals surface area contributed by atoms with Crippen molar-refractivity contribution >= 4 is 10.2 Å². The molecule has 0 fully saturated rings. The second-order valence-electron chi connectivity index (χ2n) is 4.86. The molecule has 0 aliphatic rings. The fraction of sp³-hybridized carbons (Fsp3) is 0.429. The Morgan fingerprint density at radius 1 is 1.23 bits per heavy atom. The van der Waals surface area contributed by atoms with E-state index < -0.39 is 10.2 Å². The Balaban J connectivity index is 2.11. The number of hydrogen-bond donors (Lipinski definition) is 1. The van der Waals surface area contributed by atoms with Gasteiger partial charge in [-0.15, -0.1) is 0 Å². The van der Waals surface area contributed by atoms with Gasteiger partial charge in [0.1, 0.15) is 12.7 Å². The van der Waals surface area contributed by atoms with Crippen LogP contribution >= 0.6 is 0 Å². The van der Waals surface area contributed by atoms with Gasteiger partial charge in [0, 0.05) is 19.1 Å². The van der Waals surface area contributed by atoms with E-state index in [0.717, 1.165) is 11.3 Å². The van der Waals surface area contributed by atoms with E-state index in [0.29, 0.717) is 13.1 Å². The SMILES string of the molecule is CCN(CC)S(=O)(=O)NC(C)c1ccc(-n2cncn2)cc1. The Kier molecular flexibility index (Phi) is 5.28. The van der Waals surface area contributed by atoms with Crippen molar-refractivity contribution in [3.63, 3.8) is 0 Å². The van der Waals surface area contributed by atoms with Crippen molar-refractivity contribution in [1.29, 1.82) is 0 Å². The van der Waals surface area contributed by atoms with E-state index in [2.05, 4.69) is 14.8 Å². The van der Waals surface area contributed by atoms with Gasteiger partial charge in [0.05, 0.1) is 5.69 Å². The molecule has 1 atom stereocenters. The lowest BCUT2D eigenvalue weighted by Gasteiger charge is -2.22. The normalized spacial score (nSPS) is 13.5. The molecule has 22 heavy (non-hydrogen) atoms. The van der Waals surface area contributed by atoms with Crippen LogP contribution < -0.4 is 4.72 Å². The van der Waals surface area contributed by atoms with E-state index in [4.69, 9.17) is 0 Å². The molecule has 0 radical (unpaired) electrons. The van der Waals surface area contributed by atoms with Gasteiger partial charge < -0.3 is 0 Å². The second kappa shape index (κ2) is 6.99. The first kappa shape index (κ1) is 16.6. The molecule has 2 aromatic rings. The minimum Gasteiger partial charge on any atom is -0.223 e. The van der Waals surface area contributed by atoms with Gasteiger partial charge in [-0.1, -0.05) is 26.0 Å². The van der Waals surface area contributed by atoms with Crippen molar-refractivity contribution < 1.29 is 8.42 Å². The molecule has 1 unspecified atom stereocenters. The maximum absolute atomic E-state index is 12.2. The van der Waals surface area contributed by atoms with Gasteiger partial charge in [-0.25, -0.2) is 9.67 Å². The topological polar surface area (TPSA) is 80.1 Å². The molecule has 7 nitrogen and oxygen atoms in total. The Morgan fingerprint density at radius 3 is 2.36 bits per heavy atom. The first-order valence-electron chi connectivity index (χ1n) is 7.20. The largest absolute Gasteiger partial charge is 0.279 e. The fourth-order valence-corrected chi connectivity index (χ4v) is 3.60. The van der Waals surface area contributed by atoms with Crippen molar-refractivity contribution in [2.75, 3.05) is 13.1 Å². The van der Waals surface area contributed by atoms with Crippen molar-refractivity contribution in [2.45, 2.75) is 26.8 Å². The van der Waals surface area contributed by atoms with E-state index in [1.807, 2.05) is 45.0 Å². The Hall–Kier alpha value is -1.77. The molecule has 1 aromatic heterocycles. The summed E-state index contributed by atoms with van der Waals surface area (Å²) in [6.45, 7) is 6.36. The summed E-state index contributed by atoms with van der Waals surface area (Å²) in [4.78, 5) is 3.90. The van der Waals surface area contributed by atoms with Crippen molar-refractivity contribution in [3.8, 4) is 5.69 Å². The first-order valence-corrected chi connectivity index (χ1v) is 8.64. The minimum absolute atomic E-state index is 0.310. The average Bonchev–Trinajstić information content (AvgIpc) is 3.02. The maximum atomic E-state index is 12.2. The molecule has 0 spiro atoms. The second-order valence-corrected chi connectivity index (χ2v) is 6.56. The number of hydrogen-bond acceptors (Lipinski definition) is 4. The zero-order valence-corrected chi connectivity index (χ0v) is 13.8. The standard InChI is InChI=1S/C14H21N5O2S/c1-4-18(5-2)22(20,21)17-12(3)13-6-8-14(9-7-13)19-11-15-10-16-19/h6-12,17H,4-5H2,1-3H3. The summed E-state index contributed by atoms with van der Waals surface area (Å²) < 4.78 is 30.2. The summed E-state index contributed by atoms with van der Waals surface area (Å²) >= 11 is 0. The molecule has 0 aliphatic carbocycles. The molecule has 0 saturated carbocycles. The van der Waals surface area contributed by atoms with Gasteiger partial charge >= 0.3 is 0 Å². The zero-order valence-electron chi connectivity index (χ0n) is 13.0. The summed E-state index contributed by atoms with van der Waals surface area (Å²) in [7, 11) is -3.47. The fourth-order valence-electron chi connectivity index (χ4n) is 2.19. The van der Waals surface area contributed by atoms with E-state index in [9.17, 15) is 8.42 Å². The predicted octanol–water partition coefficient (Wildman–Crippen LogP) is 1.50. The lowest BCUT2D eigenvalue weighted by Crippen LogP contribution is -2.41. The van der Waals surface area contributed by atoms with Gasteiger partial charge in [0.2, 0.25) is 0 Å². The van der Waals surface area contributed by atoms with Crippen LogP contribution in [0.15, 0.2) is 36.9 Å². The van der Waals surface area contributed by atoms with Crippen molar-refractivity contribution in [2.24, 2.45) is 0 Å². The maximum Gasteiger partial charge on any atom is 0.279 e. The lowest BCUT2D eigenvalue weighted by atomic mass is 10.1. The van der Waals surface area contributed by atoms with Crippen LogP contribution in [0.3, 0.4) is 0 Å². The van der Waals surface area contributed by atoms with E-state index in [1.165, 1.54) is 10.6 Å². The van der Waals surface area contributed by atoms with E-state index in [-0.39, 0.29) is 6.04 Å². The number of rotatable bonds is 7. The van der Waals surface area contributed by atoms with Crippen molar-refractivity contribution in [1.82, 2.24) is 23.8 Å². The van der Waals surface area contributed by atoms with Crippen LogP contribution in [-0.4, -0.2) is 40.6 Å². The molecule has 120 valence electrons. The third-order valence-corrected chi connectivity index (χ3v) is 5.30. The highest BCUT2D eigenvalue weighted by Gasteiger charge is 2.21.